The van der Waals surface area contributed by atoms with Crippen molar-refractivity contribution >= 4 is 12.2 Å². The van der Waals surface area contributed by atoms with Gasteiger partial charge in [-0.25, -0.2) is 0 Å². The van der Waals surface area contributed by atoms with E-state index in [1.54, 1.807) is 0 Å². The summed E-state index contributed by atoms with van der Waals surface area (Å²) in [5, 5.41) is 2.95. The largest absolute Gasteiger partial charge is 0.354 e. The molecule has 1 aliphatic heterocycles. The van der Waals surface area contributed by atoms with E-state index in [0.29, 0.717) is 5.92 Å². The molecule has 1 N–H and O–H groups in total. The summed E-state index contributed by atoms with van der Waals surface area (Å²) >= 11 is 0. The number of amides is 1. The van der Waals surface area contributed by atoms with E-state index in [9.17, 15) is 9.59 Å². The molecule has 1 fully saturated rings. The minimum Gasteiger partial charge on any atom is -0.354 e. The number of likely N-dealkylation sites (tertiary alicyclic amines) is 1. The van der Waals surface area contributed by atoms with Gasteiger partial charge in [0.1, 0.15) is 6.29 Å². The minimum atomic E-state index is -0.0821. The van der Waals surface area contributed by atoms with Gasteiger partial charge in [0.05, 0.1) is 6.04 Å². The number of hydrogen-bond acceptors (Lipinski definition) is 3. The molecule has 0 aromatic heterocycles. The van der Waals surface area contributed by atoms with Gasteiger partial charge in [-0.2, -0.15) is 0 Å². The zero-order chi connectivity index (χ0) is 12.8. The normalized spacial score (nSPS) is 20.2. The van der Waals surface area contributed by atoms with Crippen molar-refractivity contribution in [3.05, 3.63) is 0 Å². The summed E-state index contributed by atoms with van der Waals surface area (Å²) in [4.78, 5) is 24.7. The van der Waals surface area contributed by atoms with Crippen LogP contribution in [0.25, 0.3) is 0 Å². The Morgan fingerprint density at radius 3 is 2.41 bits per heavy atom. The van der Waals surface area contributed by atoms with Crippen LogP contribution in [-0.4, -0.2) is 42.8 Å². The number of carbonyl (C=O) groups excluding carboxylic acids is 2. The highest BCUT2D eigenvalue weighted by molar-refractivity contribution is 5.81. The molecule has 0 bridgehead atoms. The highest BCUT2D eigenvalue weighted by Gasteiger charge is 2.26. The van der Waals surface area contributed by atoms with Crippen LogP contribution in [0.15, 0.2) is 0 Å². The molecular weight excluding hydrogens is 216 g/mol. The summed E-state index contributed by atoms with van der Waals surface area (Å²) in [6.45, 7) is 8.53. The van der Waals surface area contributed by atoms with Crippen LogP contribution in [-0.2, 0) is 9.59 Å². The molecule has 1 heterocycles. The maximum absolute atomic E-state index is 11.9. The highest BCUT2D eigenvalue weighted by Crippen LogP contribution is 2.17. The van der Waals surface area contributed by atoms with Crippen LogP contribution in [0.5, 0.6) is 0 Å². The second-order valence-corrected chi connectivity index (χ2v) is 5.32. The number of hydrogen-bond donors (Lipinski definition) is 1. The predicted octanol–water partition coefficient (Wildman–Crippen LogP) is 1.06. The van der Waals surface area contributed by atoms with E-state index in [1.807, 2.05) is 6.92 Å². The molecule has 4 nitrogen and oxygen atoms in total. The lowest BCUT2D eigenvalue weighted by Gasteiger charge is -2.33. The summed E-state index contributed by atoms with van der Waals surface area (Å²) in [5.41, 5.74) is 0. The summed E-state index contributed by atoms with van der Waals surface area (Å²) in [6, 6.07) is -0.0821. The molecule has 1 atom stereocenters. The van der Waals surface area contributed by atoms with Crippen LogP contribution < -0.4 is 5.32 Å². The number of piperidine rings is 1. The molecule has 1 saturated heterocycles. The maximum atomic E-state index is 11.9. The second kappa shape index (κ2) is 6.74. The van der Waals surface area contributed by atoms with E-state index in [-0.39, 0.29) is 17.9 Å². The fraction of sp³-hybridized carbons (Fsp3) is 0.846. The third-order valence-electron chi connectivity index (χ3n) is 3.38. The van der Waals surface area contributed by atoms with Crippen LogP contribution in [0.2, 0.25) is 0 Å². The molecule has 1 aliphatic rings. The van der Waals surface area contributed by atoms with Crippen LogP contribution in [0.1, 0.15) is 33.6 Å². The summed E-state index contributed by atoms with van der Waals surface area (Å²) in [6.07, 6.45) is 2.80. The van der Waals surface area contributed by atoms with Crippen molar-refractivity contribution in [1.82, 2.24) is 10.2 Å². The van der Waals surface area contributed by atoms with Gasteiger partial charge in [-0.05, 0) is 38.8 Å². The first-order chi connectivity index (χ1) is 8.04. The lowest BCUT2D eigenvalue weighted by molar-refractivity contribution is -0.126. The molecule has 1 unspecified atom stereocenters. The van der Waals surface area contributed by atoms with Gasteiger partial charge in [0.2, 0.25) is 5.91 Å². The van der Waals surface area contributed by atoms with E-state index in [0.717, 1.165) is 38.8 Å². The zero-order valence-corrected chi connectivity index (χ0v) is 11.1. The smallest absolute Gasteiger partial charge is 0.237 e. The van der Waals surface area contributed by atoms with E-state index in [1.165, 1.54) is 0 Å². The van der Waals surface area contributed by atoms with Gasteiger partial charge in [0.15, 0.2) is 0 Å². The van der Waals surface area contributed by atoms with Gasteiger partial charge in [-0.3, -0.25) is 9.69 Å². The average molecular weight is 240 g/mol. The molecule has 0 aliphatic carbocycles. The average Bonchev–Trinajstić information content (AvgIpc) is 2.35. The fourth-order valence-corrected chi connectivity index (χ4v) is 2.06. The molecule has 0 spiro atoms. The molecule has 17 heavy (non-hydrogen) atoms. The van der Waals surface area contributed by atoms with E-state index < -0.39 is 0 Å². The standard InChI is InChI=1S/C13H24N2O2/c1-10(2)8-14-13(17)11(3)15-6-4-12(9-16)5-7-15/h9-12H,4-8H2,1-3H3,(H,14,17). The molecular formula is C13H24N2O2. The molecule has 0 aromatic rings. The van der Waals surface area contributed by atoms with Gasteiger partial charge in [-0.1, -0.05) is 13.8 Å². The molecule has 0 aromatic carbocycles. The molecule has 98 valence electrons. The molecule has 1 amide bonds. The first-order valence-corrected chi connectivity index (χ1v) is 6.51. The van der Waals surface area contributed by atoms with Gasteiger partial charge < -0.3 is 10.1 Å². The van der Waals surface area contributed by atoms with Crippen LogP contribution in [0.4, 0.5) is 0 Å². The van der Waals surface area contributed by atoms with Crippen LogP contribution >= 0.6 is 0 Å². The number of carbonyl (C=O) groups is 2. The first kappa shape index (κ1) is 14.2. The Labute approximate surface area is 104 Å². The van der Waals surface area contributed by atoms with Crippen molar-refractivity contribution in [3.63, 3.8) is 0 Å². The Bertz CT molecular complexity index is 258. The number of nitrogens with one attached hydrogen (secondary N) is 1. The zero-order valence-electron chi connectivity index (χ0n) is 11.1. The fourth-order valence-electron chi connectivity index (χ4n) is 2.06. The van der Waals surface area contributed by atoms with Crippen LogP contribution in [0, 0.1) is 11.8 Å². The summed E-state index contributed by atoms with van der Waals surface area (Å²) in [5.74, 6) is 0.771. The van der Waals surface area contributed by atoms with Gasteiger partial charge in [0.25, 0.3) is 0 Å². The number of nitrogens with zero attached hydrogens (tertiary/aromatic N) is 1. The number of rotatable bonds is 5. The SMILES string of the molecule is CC(C)CNC(=O)C(C)N1CCC(C=O)CC1. The van der Waals surface area contributed by atoms with Gasteiger partial charge in [0, 0.05) is 12.5 Å². The minimum absolute atomic E-state index is 0.0821. The van der Waals surface area contributed by atoms with E-state index in [2.05, 4.69) is 24.1 Å². The Hall–Kier alpha value is -0.900. The predicted molar refractivity (Wildman–Crippen MR) is 67.7 cm³/mol. The monoisotopic (exact) mass is 240 g/mol. The van der Waals surface area contributed by atoms with Crippen molar-refractivity contribution in [3.8, 4) is 0 Å². The Balaban J connectivity index is 2.34. The van der Waals surface area contributed by atoms with Gasteiger partial charge >= 0.3 is 0 Å². The second-order valence-electron chi connectivity index (χ2n) is 5.32. The lowest BCUT2D eigenvalue weighted by Crippen LogP contribution is -2.48. The van der Waals surface area contributed by atoms with Crippen molar-refractivity contribution in [2.24, 2.45) is 11.8 Å². The molecule has 0 radical (unpaired) electrons. The Morgan fingerprint density at radius 1 is 1.35 bits per heavy atom. The van der Waals surface area contributed by atoms with Crippen molar-refractivity contribution < 1.29 is 9.59 Å². The topological polar surface area (TPSA) is 49.4 Å². The first-order valence-electron chi connectivity index (χ1n) is 6.51. The van der Waals surface area contributed by atoms with Crippen LogP contribution in [0.3, 0.4) is 0 Å². The quantitative estimate of drug-likeness (QED) is 0.731. The molecule has 0 saturated carbocycles. The van der Waals surface area contributed by atoms with Crippen molar-refractivity contribution in [1.29, 1.82) is 0 Å². The Kier molecular flexibility index (Phi) is 5.62. The van der Waals surface area contributed by atoms with Gasteiger partial charge in [-0.15, -0.1) is 0 Å². The molecule has 4 heteroatoms. The van der Waals surface area contributed by atoms with Crippen molar-refractivity contribution in [2.45, 2.75) is 39.7 Å². The number of aldehydes is 1. The third-order valence-corrected chi connectivity index (χ3v) is 3.38. The molecule has 1 rings (SSSR count). The third kappa shape index (κ3) is 4.46. The Morgan fingerprint density at radius 2 is 1.94 bits per heavy atom. The summed E-state index contributed by atoms with van der Waals surface area (Å²) < 4.78 is 0. The maximum Gasteiger partial charge on any atom is 0.237 e. The van der Waals surface area contributed by atoms with E-state index >= 15 is 0 Å². The highest BCUT2D eigenvalue weighted by atomic mass is 16.2. The van der Waals surface area contributed by atoms with Crippen molar-refractivity contribution in [2.75, 3.05) is 19.6 Å². The lowest BCUT2D eigenvalue weighted by atomic mass is 9.97. The van der Waals surface area contributed by atoms with E-state index in [4.69, 9.17) is 0 Å². The summed E-state index contributed by atoms with van der Waals surface area (Å²) in [7, 11) is 0.